The molecule has 0 saturated carbocycles. The van der Waals surface area contributed by atoms with Crippen molar-refractivity contribution in [3.05, 3.63) is 28.4 Å². The van der Waals surface area contributed by atoms with Gasteiger partial charge in [-0.3, -0.25) is 9.48 Å². The zero-order valence-corrected chi connectivity index (χ0v) is 11.6. The number of halogens is 3. The van der Waals surface area contributed by atoms with E-state index in [1.165, 1.54) is 0 Å². The quantitative estimate of drug-likeness (QED) is 0.805. The zero-order chi connectivity index (χ0) is 13.8. The molecule has 1 saturated heterocycles. The molecular formula is C12H10BrF2N3O. The summed E-state index contributed by atoms with van der Waals surface area (Å²) in [5, 5.41) is 4.81. The average Bonchev–Trinajstić information content (AvgIpc) is 2.62. The third-order valence-electron chi connectivity index (χ3n) is 3.15. The molecule has 1 aromatic carbocycles. The van der Waals surface area contributed by atoms with Gasteiger partial charge in [-0.25, -0.2) is 8.78 Å². The number of amides is 1. The maximum absolute atomic E-state index is 12.8. The van der Waals surface area contributed by atoms with Crippen LogP contribution in [0.2, 0.25) is 0 Å². The SMILES string of the molecule is Cn1nc(C(=O)N2CC(F)(F)C2)c2cc(Br)ccc21. The number of rotatable bonds is 1. The van der Waals surface area contributed by atoms with Crippen molar-refractivity contribution < 1.29 is 13.6 Å². The first-order valence-corrected chi connectivity index (χ1v) is 6.46. The Morgan fingerprint density at radius 3 is 2.74 bits per heavy atom. The van der Waals surface area contributed by atoms with Crippen molar-refractivity contribution in [2.75, 3.05) is 13.1 Å². The van der Waals surface area contributed by atoms with Gasteiger partial charge in [-0.1, -0.05) is 15.9 Å². The van der Waals surface area contributed by atoms with Crippen LogP contribution >= 0.6 is 15.9 Å². The summed E-state index contributed by atoms with van der Waals surface area (Å²) in [6.07, 6.45) is 0. The van der Waals surface area contributed by atoms with Crippen LogP contribution in [0.5, 0.6) is 0 Å². The van der Waals surface area contributed by atoms with Gasteiger partial charge in [-0.15, -0.1) is 0 Å². The first kappa shape index (κ1) is 12.5. The van der Waals surface area contributed by atoms with Crippen molar-refractivity contribution in [2.45, 2.75) is 5.92 Å². The third-order valence-corrected chi connectivity index (χ3v) is 3.64. The number of fused-ring (bicyclic) bond motifs is 1. The van der Waals surface area contributed by atoms with Crippen LogP contribution < -0.4 is 0 Å². The maximum Gasteiger partial charge on any atom is 0.282 e. The third kappa shape index (κ3) is 2.01. The molecule has 7 heteroatoms. The number of carbonyl (C=O) groups excluding carboxylic acids is 1. The van der Waals surface area contributed by atoms with Crippen LogP contribution in [0.3, 0.4) is 0 Å². The molecule has 0 aliphatic carbocycles. The molecule has 0 unspecified atom stereocenters. The second-order valence-corrected chi connectivity index (χ2v) is 5.57. The molecule has 2 heterocycles. The molecule has 0 atom stereocenters. The van der Waals surface area contributed by atoms with Gasteiger partial charge in [0.25, 0.3) is 11.8 Å². The smallest absolute Gasteiger partial charge is 0.282 e. The summed E-state index contributed by atoms with van der Waals surface area (Å²) in [5.74, 6) is -3.21. The second kappa shape index (κ2) is 4.00. The van der Waals surface area contributed by atoms with E-state index < -0.39 is 24.9 Å². The first-order valence-electron chi connectivity index (χ1n) is 5.67. The highest BCUT2D eigenvalue weighted by atomic mass is 79.9. The lowest BCUT2D eigenvalue weighted by Crippen LogP contribution is -2.58. The van der Waals surface area contributed by atoms with Gasteiger partial charge in [0, 0.05) is 16.9 Å². The predicted octanol–water partition coefficient (Wildman–Crippen LogP) is 2.43. The molecule has 0 N–H and O–H groups in total. The standard InChI is InChI=1S/C12H10BrF2N3O/c1-17-9-3-2-7(13)4-8(9)10(16-17)11(19)18-5-12(14,15)6-18/h2-4H,5-6H2,1H3. The van der Waals surface area contributed by atoms with Crippen molar-refractivity contribution in [1.29, 1.82) is 0 Å². The minimum absolute atomic E-state index is 0.217. The Morgan fingerprint density at radius 2 is 2.11 bits per heavy atom. The maximum atomic E-state index is 12.8. The summed E-state index contributed by atoms with van der Waals surface area (Å²) >= 11 is 3.33. The van der Waals surface area contributed by atoms with Gasteiger partial charge in [0.15, 0.2) is 5.69 Å². The van der Waals surface area contributed by atoms with Crippen molar-refractivity contribution in [3.63, 3.8) is 0 Å². The minimum atomic E-state index is -2.76. The molecule has 2 aromatic rings. The molecular weight excluding hydrogens is 320 g/mol. The molecule has 1 amide bonds. The van der Waals surface area contributed by atoms with Gasteiger partial charge in [0.1, 0.15) is 0 Å². The molecule has 0 spiro atoms. The Bertz CT molecular complexity index is 675. The highest BCUT2D eigenvalue weighted by Crippen LogP contribution is 2.30. The van der Waals surface area contributed by atoms with Crippen LogP contribution in [0.1, 0.15) is 10.5 Å². The number of benzene rings is 1. The Hall–Kier alpha value is -1.50. The average molecular weight is 330 g/mol. The van der Waals surface area contributed by atoms with Crippen molar-refractivity contribution in [3.8, 4) is 0 Å². The Labute approximate surface area is 116 Å². The van der Waals surface area contributed by atoms with E-state index in [4.69, 9.17) is 0 Å². The summed E-state index contributed by atoms with van der Waals surface area (Å²) in [7, 11) is 1.72. The van der Waals surface area contributed by atoms with Crippen LogP contribution in [0.25, 0.3) is 10.9 Å². The Kier molecular flexibility index (Phi) is 2.63. The second-order valence-electron chi connectivity index (χ2n) is 4.65. The van der Waals surface area contributed by atoms with Gasteiger partial charge in [-0.2, -0.15) is 5.10 Å². The molecule has 100 valence electrons. The number of alkyl halides is 2. The largest absolute Gasteiger partial charge is 0.325 e. The molecule has 1 aliphatic heterocycles. The predicted molar refractivity (Wildman–Crippen MR) is 69.3 cm³/mol. The van der Waals surface area contributed by atoms with Gasteiger partial charge in [0.2, 0.25) is 0 Å². The van der Waals surface area contributed by atoms with E-state index in [9.17, 15) is 13.6 Å². The van der Waals surface area contributed by atoms with Crippen molar-refractivity contribution in [2.24, 2.45) is 7.05 Å². The number of aryl methyl sites for hydroxylation is 1. The number of aromatic nitrogens is 2. The number of nitrogens with zero attached hydrogens (tertiary/aromatic N) is 3. The molecule has 0 radical (unpaired) electrons. The lowest BCUT2D eigenvalue weighted by atomic mass is 10.1. The van der Waals surface area contributed by atoms with E-state index >= 15 is 0 Å². The molecule has 0 bridgehead atoms. The van der Waals surface area contributed by atoms with Gasteiger partial charge in [0.05, 0.1) is 18.6 Å². The first-order chi connectivity index (χ1) is 8.87. The zero-order valence-electron chi connectivity index (χ0n) is 10.0. The molecule has 1 aromatic heterocycles. The summed E-state index contributed by atoms with van der Waals surface area (Å²) < 4.78 is 28.0. The fourth-order valence-corrected chi connectivity index (χ4v) is 2.56. The number of carbonyl (C=O) groups is 1. The minimum Gasteiger partial charge on any atom is -0.325 e. The van der Waals surface area contributed by atoms with E-state index in [0.29, 0.717) is 5.39 Å². The summed E-state index contributed by atoms with van der Waals surface area (Å²) in [4.78, 5) is 13.3. The van der Waals surface area contributed by atoms with Crippen LogP contribution in [0.15, 0.2) is 22.7 Å². The number of likely N-dealkylation sites (tertiary alicyclic amines) is 1. The summed E-state index contributed by atoms with van der Waals surface area (Å²) in [6, 6.07) is 5.44. The van der Waals surface area contributed by atoms with Gasteiger partial charge in [-0.05, 0) is 18.2 Å². The number of hydrogen-bond acceptors (Lipinski definition) is 2. The van der Waals surface area contributed by atoms with Crippen LogP contribution in [0, 0.1) is 0 Å². The van der Waals surface area contributed by atoms with Crippen LogP contribution in [-0.2, 0) is 7.05 Å². The normalized spacial score (nSPS) is 17.6. The Balaban J connectivity index is 2.01. The highest BCUT2D eigenvalue weighted by Gasteiger charge is 2.47. The van der Waals surface area contributed by atoms with E-state index in [0.717, 1.165) is 14.9 Å². The number of hydrogen-bond donors (Lipinski definition) is 0. The lowest BCUT2D eigenvalue weighted by Gasteiger charge is -2.38. The van der Waals surface area contributed by atoms with E-state index in [1.807, 2.05) is 12.1 Å². The molecule has 4 nitrogen and oxygen atoms in total. The van der Waals surface area contributed by atoms with E-state index in [1.54, 1.807) is 17.8 Å². The monoisotopic (exact) mass is 329 g/mol. The van der Waals surface area contributed by atoms with Gasteiger partial charge >= 0.3 is 0 Å². The van der Waals surface area contributed by atoms with Crippen LogP contribution in [0.4, 0.5) is 8.78 Å². The molecule has 19 heavy (non-hydrogen) atoms. The molecule has 1 fully saturated rings. The summed E-state index contributed by atoms with van der Waals surface area (Å²) in [5.41, 5.74) is 1.01. The molecule has 3 rings (SSSR count). The lowest BCUT2D eigenvalue weighted by molar-refractivity contribution is -0.113. The topological polar surface area (TPSA) is 38.1 Å². The van der Waals surface area contributed by atoms with E-state index in [2.05, 4.69) is 21.0 Å². The fourth-order valence-electron chi connectivity index (χ4n) is 2.20. The van der Waals surface area contributed by atoms with E-state index in [-0.39, 0.29) is 5.69 Å². The van der Waals surface area contributed by atoms with Crippen molar-refractivity contribution >= 4 is 32.7 Å². The Morgan fingerprint density at radius 1 is 1.42 bits per heavy atom. The van der Waals surface area contributed by atoms with Crippen molar-refractivity contribution in [1.82, 2.24) is 14.7 Å². The highest BCUT2D eigenvalue weighted by molar-refractivity contribution is 9.10. The molecule has 1 aliphatic rings. The van der Waals surface area contributed by atoms with Gasteiger partial charge < -0.3 is 4.90 Å². The summed E-state index contributed by atoms with van der Waals surface area (Å²) in [6.45, 7) is -1.06. The van der Waals surface area contributed by atoms with Crippen LogP contribution in [-0.4, -0.2) is 39.6 Å². The fraction of sp³-hybridized carbons (Fsp3) is 0.333.